The standard InChI is InChI=1S/C23H36N2O2/c1-4-5-11-21-16-25(17-22(27-21)18(2)3)20-12-14-24(15-13-20)23(26)19-9-7-6-8-10-19/h6-10,18,20-22H,4-5,11-17H2,1-3H3/t21-,22-/m1/s1. The number of ether oxygens (including phenoxy) is 1. The monoisotopic (exact) mass is 372 g/mol. The number of amides is 1. The lowest BCUT2D eigenvalue weighted by Gasteiger charge is -2.46. The van der Waals surface area contributed by atoms with E-state index in [4.69, 9.17) is 4.74 Å². The van der Waals surface area contributed by atoms with E-state index in [-0.39, 0.29) is 5.91 Å². The van der Waals surface area contributed by atoms with E-state index in [9.17, 15) is 4.79 Å². The SMILES string of the molecule is CCCC[C@@H]1CN(C2CCN(C(=O)c3ccccc3)CC2)C[C@H](C(C)C)O1. The van der Waals surface area contributed by atoms with Crippen LogP contribution in [0.4, 0.5) is 0 Å². The maximum Gasteiger partial charge on any atom is 0.253 e. The van der Waals surface area contributed by atoms with Gasteiger partial charge >= 0.3 is 0 Å². The number of likely N-dealkylation sites (tertiary alicyclic amines) is 1. The number of rotatable bonds is 6. The second-order valence-electron chi connectivity index (χ2n) is 8.53. The average molecular weight is 373 g/mol. The zero-order valence-electron chi connectivity index (χ0n) is 17.3. The Labute approximate surface area is 164 Å². The summed E-state index contributed by atoms with van der Waals surface area (Å²) in [7, 11) is 0. The molecule has 4 nitrogen and oxygen atoms in total. The van der Waals surface area contributed by atoms with Crippen LogP contribution in [-0.2, 0) is 4.74 Å². The number of benzene rings is 1. The third-order valence-electron chi connectivity index (χ3n) is 6.13. The van der Waals surface area contributed by atoms with Gasteiger partial charge in [-0.15, -0.1) is 0 Å². The Morgan fingerprint density at radius 3 is 2.48 bits per heavy atom. The average Bonchev–Trinajstić information content (AvgIpc) is 2.72. The number of morpholine rings is 1. The van der Waals surface area contributed by atoms with Crippen LogP contribution >= 0.6 is 0 Å². The molecule has 0 radical (unpaired) electrons. The lowest BCUT2D eigenvalue weighted by atomic mass is 9.96. The fourth-order valence-electron chi connectivity index (χ4n) is 4.36. The van der Waals surface area contributed by atoms with E-state index in [0.717, 1.165) is 44.6 Å². The van der Waals surface area contributed by atoms with Crippen LogP contribution in [0.1, 0.15) is 63.2 Å². The summed E-state index contributed by atoms with van der Waals surface area (Å²) in [6.45, 7) is 10.6. The van der Waals surface area contributed by atoms with Crippen molar-refractivity contribution in [3.63, 3.8) is 0 Å². The molecular formula is C23H36N2O2. The van der Waals surface area contributed by atoms with Gasteiger partial charge in [-0.1, -0.05) is 51.8 Å². The third-order valence-corrected chi connectivity index (χ3v) is 6.13. The molecule has 2 aliphatic heterocycles. The molecule has 2 heterocycles. The lowest BCUT2D eigenvalue weighted by Crippen LogP contribution is -2.55. The summed E-state index contributed by atoms with van der Waals surface area (Å²) in [4.78, 5) is 17.4. The first kappa shape index (κ1) is 20.3. The van der Waals surface area contributed by atoms with E-state index in [0.29, 0.717) is 24.2 Å². The molecule has 0 bridgehead atoms. The Bertz CT molecular complexity index is 581. The van der Waals surface area contributed by atoms with E-state index in [1.165, 1.54) is 19.3 Å². The van der Waals surface area contributed by atoms with Gasteiger partial charge in [0.05, 0.1) is 12.2 Å². The van der Waals surface area contributed by atoms with Crippen LogP contribution in [0, 0.1) is 5.92 Å². The molecule has 1 aromatic carbocycles. The van der Waals surface area contributed by atoms with Gasteiger partial charge in [0.15, 0.2) is 0 Å². The Morgan fingerprint density at radius 2 is 1.85 bits per heavy atom. The normalized spacial score (nSPS) is 25.1. The molecule has 0 aliphatic carbocycles. The van der Waals surface area contributed by atoms with Gasteiger partial charge < -0.3 is 9.64 Å². The van der Waals surface area contributed by atoms with E-state index >= 15 is 0 Å². The van der Waals surface area contributed by atoms with Crippen LogP contribution in [0.25, 0.3) is 0 Å². The van der Waals surface area contributed by atoms with Gasteiger partial charge in [-0.05, 0) is 37.3 Å². The largest absolute Gasteiger partial charge is 0.372 e. The fraction of sp³-hybridized carbons (Fsp3) is 0.696. The van der Waals surface area contributed by atoms with Gasteiger partial charge in [0, 0.05) is 37.8 Å². The molecule has 1 aromatic rings. The number of carbonyl (C=O) groups is 1. The van der Waals surface area contributed by atoms with Crippen molar-refractivity contribution >= 4 is 5.91 Å². The molecular weight excluding hydrogens is 336 g/mol. The fourth-order valence-corrected chi connectivity index (χ4v) is 4.36. The Morgan fingerprint density at radius 1 is 1.15 bits per heavy atom. The van der Waals surface area contributed by atoms with Gasteiger partial charge in [-0.25, -0.2) is 0 Å². The van der Waals surface area contributed by atoms with Gasteiger partial charge in [-0.3, -0.25) is 9.69 Å². The number of carbonyl (C=O) groups excluding carboxylic acids is 1. The van der Waals surface area contributed by atoms with Crippen LogP contribution in [-0.4, -0.2) is 60.1 Å². The quantitative estimate of drug-likeness (QED) is 0.750. The Hall–Kier alpha value is -1.39. The number of hydrogen-bond donors (Lipinski definition) is 0. The zero-order chi connectivity index (χ0) is 19.2. The number of unbranched alkanes of at least 4 members (excludes halogenated alkanes) is 1. The molecule has 2 atom stereocenters. The van der Waals surface area contributed by atoms with E-state index in [2.05, 4.69) is 25.7 Å². The first-order chi connectivity index (χ1) is 13.1. The number of hydrogen-bond acceptors (Lipinski definition) is 3. The van der Waals surface area contributed by atoms with Gasteiger partial charge in [0.25, 0.3) is 5.91 Å². The molecule has 27 heavy (non-hydrogen) atoms. The highest BCUT2D eigenvalue weighted by Crippen LogP contribution is 2.26. The van der Waals surface area contributed by atoms with Gasteiger partial charge in [-0.2, -0.15) is 0 Å². The summed E-state index contributed by atoms with van der Waals surface area (Å²) in [5.41, 5.74) is 0.807. The van der Waals surface area contributed by atoms with Gasteiger partial charge in [0.1, 0.15) is 0 Å². The maximum atomic E-state index is 12.7. The van der Waals surface area contributed by atoms with Crippen molar-refractivity contribution in [2.45, 2.75) is 71.1 Å². The second kappa shape index (κ2) is 9.70. The first-order valence-corrected chi connectivity index (χ1v) is 10.8. The molecule has 4 heteroatoms. The molecule has 0 N–H and O–H groups in total. The molecule has 3 rings (SSSR count). The summed E-state index contributed by atoms with van der Waals surface area (Å²) in [5.74, 6) is 0.730. The number of piperidine rings is 1. The highest BCUT2D eigenvalue weighted by atomic mass is 16.5. The predicted octanol–water partition coefficient (Wildman–Crippen LogP) is 4.21. The predicted molar refractivity (Wildman–Crippen MR) is 110 cm³/mol. The van der Waals surface area contributed by atoms with Crippen molar-refractivity contribution in [1.82, 2.24) is 9.80 Å². The smallest absolute Gasteiger partial charge is 0.253 e. The van der Waals surface area contributed by atoms with E-state index in [1.54, 1.807) is 0 Å². The lowest BCUT2D eigenvalue weighted by molar-refractivity contribution is -0.119. The Kier molecular flexibility index (Phi) is 7.31. The zero-order valence-corrected chi connectivity index (χ0v) is 17.3. The summed E-state index contributed by atoms with van der Waals surface area (Å²) in [6.07, 6.45) is 6.49. The van der Waals surface area contributed by atoms with E-state index < -0.39 is 0 Å². The summed E-state index contributed by atoms with van der Waals surface area (Å²) >= 11 is 0. The minimum atomic E-state index is 0.178. The molecule has 2 fully saturated rings. The Balaban J connectivity index is 1.56. The third kappa shape index (κ3) is 5.32. The molecule has 0 saturated carbocycles. The highest BCUT2D eigenvalue weighted by Gasteiger charge is 2.35. The van der Waals surface area contributed by atoms with Gasteiger partial charge in [0.2, 0.25) is 0 Å². The molecule has 0 aromatic heterocycles. The first-order valence-electron chi connectivity index (χ1n) is 10.8. The molecule has 0 spiro atoms. The van der Waals surface area contributed by atoms with Crippen LogP contribution in [0.15, 0.2) is 30.3 Å². The van der Waals surface area contributed by atoms with E-state index in [1.807, 2.05) is 35.2 Å². The minimum absolute atomic E-state index is 0.178. The second-order valence-corrected chi connectivity index (χ2v) is 8.53. The maximum absolute atomic E-state index is 12.7. The van der Waals surface area contributed by atoms with Crippen LogP contribution < -0.4 is 0 Å². The van der Waals surface area contributed by atoms with Crippen LogP contribution in [0.3, 0.4) is 0 Å². The summed E-state index contributed by atoms with van der Waals surface area (Å²) in [5, 5.41) is 0. The molecule has 2 saturated heterocycles. The molecule has 1 amide bonds. The van der Waals surface area contributed by atoms with Crippen molar-refractivity contribution in [1.29, 1.82) is 0 Å². The van der Waals surface area contributed by atoms with Crippen molar-refractivity contribution < 1.29 is 9.53 Å². The summed E-state index contributed by atoms with van der Waals surface area (Å²) in [6, 6.07) is 10.3. The topological polar surface area (TPSA) is 32.8 Å². The van der Waals surface area contributed by atoms with Crippen LogP contribution in [0.5, 0.6) is 0 Å². The number of nitrogens with zero attached hydrogens (tertiary/aromatic N) is 2. The minimum Gasteiger partial charge on any atom is -0.372 e. The van der Waals surface area contributed by atoms with Crippen molar-refractivity contribution in [3.05, 3.63) is 35.9 Å². The van der Waals surface area contributed by atoms with Crippen molar-refractivity contribution in [3.8, 4) is 0 Å². The molecule has 2 aliphatic rings. The highest BCUT2D eigenvalue weighted by molar-refractivity contribution is 5.94. The van der Waals surface area contributed by atoms with Crippen molar-refractivity contribution in [2.24, 2.45) is 5.92 Å². The molecule has 0 unspecified atom stereocenters. The molecule has 150 valence electrons. The summed E-state index contributed by atoms with van der Waals surface area (Å²) < 4.78 is 6.38. The van der Waals surface area contributed by atoms with Crippen molar-refractivity contribution in [2.75, 3.05) is 26.2 Å². The van der Waals surface area contributed by atoms with Crippen LogP contribution in [0.2, 0.25) is 0 Å².